The van der Waals surface area contributed by atoms with Crippen LogP contribution in [0.5, 0.6) is 0 Å². The van der Waals surface area contributed by atoms with E-state index in [9.17, 15) is 14.4 Å². The number of rotatable bonds is 53. The molecule has 0 aliphatic carbocycles. The average Bonchev–Trinajstić information content (AvgIpc) is 3.37. The van der Waals surface area contributed by atoms with Crippen LogP contribution < -0.4 is 0 Å². The van der Waals surface area contributed by atoms with Crippen molar-refractivity contribution in [3.05, 3.63) is 97.2 Å². The largest absolute Gasteiger partial charge is 0.462 e. The maximum atomic E-state index is 12.8. The van der Waals surface area contributed by atoms with Gasteiger partial charge in [0.2, 0.25) is 0 Å². The first-order valence-electron chi connectivity index (χ1n) is 29.7. The van der Waals surface area contributed by atoms with E-state index in [0.717, 1.165) is 116 Å². The summed E-state index contributed by atoms with van der Waals surface area (Å²) in [6, 6.07) is 0. The van der Waals surface area contributed by atoms with Gasteiger partial charge in [0.25, 0.3) is 0 Å². The van der Waals surface area contributed by atoms with Crippen molar-refractivity contribution in [2.75, 3.05) is 13.2 Å². The molecule has 0 aliphatic rings. The third kappa shape index (κ3) is 57.1. The van der Waals surface area contributed by atoms with Crippen LogP contribution in [0.15, 0.2) is 97.2 Å². The van der Waals surface area contributed by atoms with E-state index in [1.54, 1.807) is 0 Å². The SMILES string of the molecule is CC/C=C\C/C=C\C/C=C\C/C=C\C/C=C\C/C=C\C/C=C\CCCCCCCCCC(=O)OCC(COC(=O)CCCCCCC)OC(=O)CCCCCCCCCCC/C=C\CCCCCCCC. The molecular weight excluding hydrogens is 877 g/mol. The highest BCUT2D eigenvalue weighted by molar-refractivity contribution is 5.71. The molecule has 406 valence electrons. The zero-order chi connectivity index (χ0) is 51.4. The first kappa shape index (κ1) is 67.3. The number of carbonyl (C=O) groups excluding carboxylic acids is 3. The topological polar surface area (TPSA) is 78.9 Å². The zero-order valence-electron chi connectivity index (χ0n) is 46.5. The maximum Gasteiger partial charge on any atom is 0.306 e. The number of esters is 3. The highest BCUT2D eigenvalue weighted by Gasteiger charge is 2.19. The lowest BCUT2D eigenvalue weighted by Gasteiger charge is -2.18. The highest BCUT2D eigenvalue weighted by atomic mass is 16.6. The Kier molecular flexibility index (Phi) is 55.9. The Labute approximate surface area is 438 Å². The van der Waals surface area contributed by atoms with E-state index in [1.807, 2.05) is 0 Å². The molecule has 0 N–H and O–H groups in total. The molecular formula is C65H110O6. The molecule has 6 nitrogen and oxygen atoms in total. The van der Waals surface area contributed by atoms with Crippen molar-refractivity contribution in [3.8, 4) is 0 Å². The van der Waals surface area contributed by atoms with Crippen molar-refractivity contribution in [2.45, 2.75) is 284 Å². The summed E-state index contributed by atoms with van der Waals surface area (Å²) in [5.41, 5.74) is 0. The molecule has 0 heterocycles. The van der Waals surface area contributed by atoms with Crippen molar-refractivity contribution >= 4 is 17.9 Å². The van der Waals surface area contributed by atoms with Crippen LogP contribution in [0.25, 0.3) is 0 Å². The van der Waals surface area contributed by atoms with Gasteiger partial charge in [-0.2, -0.15) is 0 Å². The van der Waals surface area contributed by atoms with E-state index < -0.39 is 6.10 Å². The summed E-state index contributed by atoms with van der Waals surface area (Å²) in [5.74, 6) is -0.905. The molecule has 0 saturated heterocycles. The van der Waals surface area contributed by atoms with Crippen molar-refractivity contribution in [1.82, 2.24) is 0 Å². The Morgan fingerprint density at radius 3 is 0.873 bits per heavy atom. The summed E-state index contributed by atoms with van der Waals surface area (Å²) in [5, 5.41) is 0. The molecule has 0 aliphatic heterocycles. The van der Waals surface area contributed by atoms with Gasteiger partial charge in [0.15, 0.2) is 6.10 Å². The maximum absolute atomic E-state index is 12.8. The number of ether oxygens (including phenoxy) is 3. The monoisotopic (exact) mass is 987 g/mol. The summed E-state index contributed by atoms with van der Waals surface area (Å²) in [6.07, 6.45) is 78.7. The Balaban J connectivity index is 4.11. The van der Waals surface area contributed by atoms with Crippen LogP contribution in [-0.2, 0) is 28.6 Å². The van der Waals surface area contributed by atoms with Crippen LogP contribution in [0.3, 0.4) is 0 Å². The van der Waals surface area contributed by atoms with Gasteiger partial charge < -0.3 is 14.2 Å². The van der Waals surface area contributed by atoms with E-state index in [4.69, 9.17) is 14.2 Å². The molecule has 71 heavy (non-hydrogen) atoms. The number of allylic oxidation sites excluding steroid dienone is 16. The number of carbonyl (C=O) groups is 3. The van der Waals surface area contributed by atoms with E-state index in [2.05, 4.69) is 118 Å². The number of unbranched alkanes of at least 4 members (excludes halogenated alkanes) is 26. The standard InChI is InChI=1S/C65H110O6/c1-4-7-10-13-15-17-19-21-23-25-27-28-29-30-31-32-33-34-35-36-38-39-41-43-45-47-49-52-55-58-64(67)70-61-62(60-69-63(66)57-54-51-12-9-6-3)71-65(68)59-56-53-50-48-46-44-42-40-37-26-24-22-20-18-16-14-11-8-5-2/h7,10,15,17,21-24,27-28,30-31,33-34,36,38,62H,4-6,8-9,11-14,16,18-20,25-26,29,32,35,37,39-61H2,1-3H3/b10-7-,17-15-,23-21-,24-22-,28-27-,31-30-,34-33-,38-36-. The third-order valence-corrected chi connectivity index (χ3v) is 12.6. The number of hydrogen-bond acceptors (Lipinski definition) is 6. The molecule has 0 amide bonds. The molecule has 0 spiro atoms. The molecule has 0 aromatic rings. The fraction of sp³-hybridized carbons (Fsp3) is 0.708. The predicted molar refractivity (Wildman–Crippen MR) is 307 cm³/mol. The van der Waals surface area contributed by atoms with Gasteiger partial charge in [0.05, 0.1) is 0 Å². The first-order valence-corrected chi connectivity index (χ1v) is 29.7. The predicted octanol–water partition coefficient (Wildman–Crippen LogP) is 20.1. The molecule has 1 atom stereocenters. The van der Waals surface area contributed by atoms with Gasteiger partial charge in [-0.15, -0.1) is 0 Å². The normalized spacial score (nSPS) is 12.8. The highest BCUT2D eigenvalue weighted by Crippen LogP contribution is 2.15. The van der Waals surface area contributed by atoms with Crippen LogP contribution in [0.1, 0.15) is 278 Å². The van der Waals surface area contributed by atoms with Crippen LogP contribution in [0.2, 0.25) is 0 Å². The molecule has 0 saturated carbocycles. The minimum atomic E-state index is -0.780. The fourth-order valence-electron chi connectivity index (χ4n) is 8.12. The second-order valence-corrected chi connectivity index (χ2v) is 19.5. The Morgan fingerprint density at radius 1 is 0.296 bits per heavy atom. The summed E-state index contributed by atoms with van der Waals surface area (Å²) in [7, 11) is 0. The van der Waals surface area contributed by atoms with E-state index >= 15 is 0 Å². The minimum absolute atomic E-state index is 0.0818. The lowest BCUT2D eigenvalue weighted by atomic mass is 10.1. The Bertz CT molecular complexity index is 1410. The molecule has 0 fully saturated rings. The fourth-order valence-corrected chi connectivity index (χ4v) is 8.12. The molecule has 1 unspecified atom stereocenters. The van der Waals surface area contributed by atoms with Crippen molar-refractivity contribution in [2.24, 2.45) is 0 Å². The summed E-state index contributed by atoms with van der Waals surface area (Å²) in [6.45, 7) is 6.44. The Morgan fingerprint density at radius 2 is 0.549 bits per heavy atom. The molecule has 0 rings (SSSR count). The lowest BCUT2D eigenvalue weighted by molar-refractivity contribution is -0.167. The van der Waals surface area contributed by atoms with Gasteiger partial charge in [-0.25, -0.2) is 0 Å². The van der Waals surface area contributed by atoms with Crippen LogP contribution >= 0.6 is 0 Å². The second kappa shape index (κ2) is 58.9. The van der Waals surface area contributed by atoms with Gasteiger partial charge in [-0.1, -0.05) is 253 Å². The smallest absolute Gasteiger partial charge is 0.306 e. The van der Waals surface area contributed by atoms with Crippen molar-refractivity contribution in [3.63, 3.8) is 0 Å². The number of hydrogen-bond donors (Lipinski definition) is 0. The van der Waals surface area contributed by atoms with Crippen LogP contribution in [-0.4, -0.2) is 37.2 Å². The van der Waals surface area contributed by atoms with Gasteiger partial charge in [-0.05, 0) is 103 Å². The van der Waals surface area contributed by atoms with Gasteiger partial charge in [0.1, 0.15) is 13.2 Å². The molecule has 6 heteroatoms. The van der Waals surface area contributed by atoms with Gasteiger partial charge in [-0.3, -0.25) is 14.4 Å². The average molecular weight is 988 g/mol. The van der Waals surface area contributed by atoms with E-state index in [-0.39, 0.29) is 31.1 Å². The summed E-state index contributed by atoms with van der Waals surface area (Å²) >= 11 is 0. The van der Waals surface area contributed by atoms with Crippen molar-refractivity contribution in [1.29, 1.82) is 0 Å². The van der Waals surface area contributed by atoms with E-state index in [0.29, 0.717) is 19.3 Å². The molecule has 0 radical (unpaired) electrons. The molecule has 0 bridgehead atoms. The van der Waals surface area contributed by atoms with Gasteiger partial charge >= 0.3 is 17.9 Å². The summed E-state index contributed by atoms with van der Waals surface area (Å²) in [4.78, 5) is 37.8. The van der Waals surface area contributed by atoms with E-state index in [1.165, 1.54) is 122 Å². The Hall–Kier alpha value is -3.67. The van der Waals surface area contributed by atoms with Crippen molar-refractivity contribution < 1.29 is 28.6 Å². The first-order chi connectivity index (χ1) is 35.0. The van der Waals surface area contributed by atoms with Crippen LogP contribution in [0.4, 0.5) is 0 Å². The van der Waals surface area contributed by atoms with Crippen LogP contribution in [0, 0.1) is 0 Å². The quantitative estimate of drug-likeness (QED) is 0.0261. The molecule has 0 aromatic heterocycles. The summed E-state index contributed by atoms with van der Waals surface area (Å²) < 4.78 is 16.7. The minimum Gasteiger partial charge on any atom is -0.462 e. The van der Waals surface area contributed by atoms with Gasteiger partial charge in [0, 0.05) is 19.3 Å². The second-order valence-electron chi connectivity index (χ2n) is 19.5. The lowest BCUT2D eigenvalue weighted by Crippen LogP contribution is -2.30. The third-order valence-electron chi connectivity index (χ3n) is 12.6. The molecule has 0 aromatic carbocycles. The zero-order valence-corrected chi connectivity index (χ0v) is 46.5.